The predicted octanol–water partition coefficient (Wildman–Crippen LogP) is 3.87. The molecule has 0 radical (unpaired) electrons. The zero-order valence-electron chi connectivity index (χ0n) is 15.0. The summed E-state index contributed by atoms with van der Waals surface area (Å²) in [5, 5.41) is 0. The first-order chi connectivity index (χ1) is 11.4. The Balaban J connectivity index is 1.65. The van der Waals surface area contributed by atoms with Crippen LogP contribution in [-0.2, 0) is 22.2 Å². The highest BCUT2D eigenvalue weighted by molar-refractivity contribution is 6.62. The van der Waals surface area contributed by atoms with Crippen LogP contribution in [0.3, 0.4) is 0 Å². The van der Waals surface area contributed by atoms with E-state index in [0.717, 1.165) is 12.8 Å². The Morgan fingerprint density at radius 1 is 0.833 bits per heavy atom. The first kappa shape index (κ1) is 15.9. The Morgan fingerprint density at radius 2 is 1.50 bits per heavy atom. The molecule has 1 heterocycles. The summed E-state index contributed by atoms with van der Waals surface area (Å²) in [6.45, 7) is 8.46. The third-order valence-electron chi connectivity index (χ3n) is 6.00. The van der Waals surface area contributed by atoms with Crippen molar-refractivity contribution in [3.63, 3.8) is 0 Å². The minimum Gasteiger partial charge on any atom is -0.399 e. The molecule has 1 aliphatic heterocycles. The summed E-state index contributed by atoms with van der Waals surface area (Å²) in [5.41, 5.74) is 4.91. The maximum atomic E-state index is 6.29. The minimum absolute atomic E-state index is 0.264. The van der Waals surface area contributed by atoms with Crippen LogP contribution in [0.2, 0.25) is 0 Å². The predicted molar refractivity (Wildman–Crippen MR) is 98.7 cm³/mol. The average Bonchev–Trinajstić information content (AvgIpc) is 3.06. The summed E-state index contributed by atoms with van der Waals surface area (Å²) >= 11 is 0. The van der Waals surface area contributed by atoms with Gasteiger partial charge in [-0.25, -0.2) is 0 Å². The Labute approximate surface area is 145 Å². The van der Waals surface area contributed by atoms with E-state index in [1.54, 1.807) is 0 Å². The molecule has 1 unspecified atom stereocenters. The molecule has 2 aromatic rings. The van der Waals surface area contributed by atoms with E-state index in [1.165, 1.54) is 22.2 Å². The molecule has 0 saturated carbocycles. The lowest BCUT2D eigenvalue weighted by Gasteiger charge is -2.32. The van der Waals surface area contributed by atoms with Crippen molar-refractivity contribution >= 4 is 12.6 Å². The zero-order valence-corrected chi connectivity index (χ0v) is 15.0. The third-order valence-corrected chi connectivity index (χ3v) is 6.00. The second-order valence-corrected chi connectivity index (χ2v) is 8.09. The molecule has 3 heteroatoms. The first-order valence-electron chi connectivity index (χ1n) is 8.89. The molecule has 1 fully saturated rings. The van der Waals surface area contributed by atoms with Gasteiger partial charge >= 0.3 is 7.12 Å². The van der Waals surface area contributed by atoms with E-state index >= 15 is 0 Å². The van der Waals surface area contributed by atoms with Gasteiger partial charge in [-0.3, -0.25) is 0 Å². The Kier molecular flexibility index (Phi) is 3.63. The zero-order chi connectivity index (χ0) is 16.9. The molecule has 1 saturated heterocycles. The van der Waals surface area contributed by atoms with Gasteiger partial charge in [0.25, 0.3) is 0 Å². The smallest absolute Gasteiger partial charge is 0.399 e. The fourth-order valence-corrected chi connectivity index (χ4v) is 3.83. The third kappa shape index (κ3) is 2.51. The van der Waals surface area contributed by atoms with Crippen LogP contribution < -0.4 is 5.46 Å². The molecule has 2 nitrogen and oxygen atoms in total. The monoisotopic (exact) mass is 320 g/mol. The fourth-order valence-electron chi connectivity index (χ4n) is 3.83. The minimum atomic E-state index is -0.294. The van der Waals surface area contributed by atoms with Gasteiger partial charge in [-0.1, -0.05) is 48.5 Å². The van der Waals surface area contributed by atoms with E-state index in [4.69, 9.17) is 9.31 Å². The molecule has 2 aliphatic rings. The highest BCUT2D eigenvalue weighted by Crippen LogP contribution is 2.38. The summed E-state index contributed by atoms with van der Waals surface area (Å²) in [6, 6.07) is 17.4. The van der Waals surface area contributed by atoms with Crippen LogP contribution in [0.15, 0.2) is 48.5 Å². The van der Waals surface area contributed by atoms with Gasteiger partial charge in [0.2, 0.25) is 0 Å². The van der Waals surface area contributed by atoms with Crippen molar-refractivity contribution in [2.75, 3.05) is 0 Å². The molecule has 4 rings (SSSR count). The maximum Gasteiger partial charge on any atom is 0.495 e. The lowest BCUT2D eigenvalue weighted by molar-refractivity contribution is 0.00578. The first-order valence-corrected chi connectivity index (χ1v) is 8.89. The van der Waals surface area contributed by atoms with Crippen molar-refractivity contribution < 1.29 is 9.31 Å². The molecular formula is C21H25BO2. The molecule has 124 valence electrons. The van der Waals surface area contributed by atoms with Gasteiger partial charge in [0.15, 0.2) is 0 Å². The lowest BCUT2D eigenvalue weighted by atomic mass is 9.75. The van der Waals surface area contributed by atoms with Crippen molar-refractivity contribution in [2.24, 2.45) is 0 Å². The topological polar surface area (TPSA) is 18.5 Å². The molecule has 0 bridgehead atoms. The van der Waals surface area contributed by atoms with Crippen LogP contribution in [0.25, 0.3) is 0 Å². The molecule has 1 aliphatic carbocycles. The van der Waals surface area contributed by atoms with E-state index in [2.05, 4.69) is 76.2 Å². The van der Waals surface area contributed by atoms with E-state index < -0.39 is 0 Å². The molecular weight excluding hydrogens is 295 g/mol. The largest absolute Gasteiger partial charge is 0.495 e. The fraction of sp³-hybridized carbons (Fsp3) is 0.429. The Hall–Kier alpha value is -1.58. The molecule has 0 amide bonds. The van der Waals surface area contributed by atoms with Gasteiger partial charge in [-0.2, -0.15) is 0 Å². The highest BCUT2D eigenvalue weighted by Gasteiger charge is 2.52. The number of benzene rings is 2. The van der Waals surface area contributed by atoms with Crippen LogP contribution in [0.5, 0.6) is 0 Å². The molecule has 0 aromatic heterocycles. The summed E-state index contributed by atoms with van der Waals surface area (Å²) < 4.78 is 12.6. The van der Waals surface area contributed by atoms with Crippen molar-refractivity contribution in [2.45, 2.75) is 57.7 Å². The van der Waals surface area contributed by atoms with Gasteiger partial charge in [-0.15, -0.1) is 0 Å². The van der Waals surface area contributed by atoms with Crippen LogP contribution in [0.4, 0.5) is 0 Å². The van der Waals surface area contributed by atoms with E-state index in [0.29, 0.717) is 5.92 Å². The molecule has 24 heavy (non-hydrogen) atoms. The van der Waals surface area contributed by atoms with Gasteiger partial charge in [-0.05, 0) is 68.6 Å². The average molecular weight is 320 g/mol. The van der Waals surface area contributed by atoms with Crippen LogP contribution in [0, 0.1) is 0 Å². The Morgan fingerprint density at radius 3 is 2.17 bits per heavy atom. The lowest BCUT2D eigenvalue weighted by Crippen LogP contribution is -2.41. The van der Waals surface area contributed by atoms with E-state index in [9.17, 15) is 0 Å². The second-order valence-electron chi connectivity index (χ2n) is 8.09. The van der Waals surface area contributed by atoms with E-state index in [-0.39, 0.29) is 18.3 Å². The maximum absolute atomic E-state index is 6.29. The normalized spacial score (nSPS) is 24.2. The number of hydrogen-bond acceptors (Lipinski definition) is 2. The molecule has 1 atom stereocenters. The second kappa shape index (κ2) is 5.47. The summed E-state index contributed by atoms with van der Waals surface area (Å²) in [4.78, 5) is 0. The van der Waals surface area contributed by atoms with Gasteiger partial charge < -0.3 is 9.31 Å². The van der Waals surface area contributed by atoms with Crippen molar-refractivity contribution in [3.05, 3.63) is 65.2 Å². The summed E-state index contributed by atoms with van der Waals surface area (Å²) in [6.07, 6.45) is 2.17. The standard InChI is InChI=1S/C21H25BO2/c1-20(2)21(3,4)24-22(23-20)19-12-8-11-16-13-17(14-18(16)19)15-9-6-5-7-10-15/h5-12,17H,13-14H2,1-4H3. The van der Waals surface area contributed by atoms with Gasteiger partial charge in [0.05, 0.1) is 11.2 Å². The Bertz CT molecular complexity index is 736. The van der Waals surface area contributed by atoms with Crippen LogP contribution in [0.1, 0.15) is 50.3 Å². The summed E-state index contributed by atoms with van der Waals surface area (Å²) in [5.74, 6) is 0.560. The van der Waals surface area contributed by atoms with Crippen LogP contribution >= 0.6 is 0 Å². The molecule has 0 N–H and O–H groups in total. The number of fused-ring (bicyclic) bond motifs is 1. The van der Waals surface area contributed by atoms with Gasteiger partial charge in [0.1, 0.15) is 0 Å². The quantitative estimate of drug-likeness (QED) is 0.782. The van der Waals surface area contributed by atoms with Gasteiger partial charge in [0, 0.05) is 0 Å². The number of hydrogen-bond donors (Lipinski definition) is 0. The number of rotatable bonds is 2. The highest BCUT2D eigenvalue weighted by atomic mass is 16.7. The SMILES string of the molecule is CC1(C)OB(c2cccc3c2CC(c2ccccc2)C3)OC1(C)C. The molecule has 0 spiro atoms. The van der Waals surface area contributed by atoms with Crippen molar-refractivity contribution in [3.8, 4) is 0 Å². The van der Waals surface area contributed by atoms with Crippen molar-refractivity contribution in [1.82, 2.24) is 0 Å². The molecule has 2 aromatic carbocycles. The van der Waals surface area contributed by atoms with E-state index in [1.807, 2.05) is 0 Å². The summed E-state index contributed by atoms with van der Waals surface area (Å²) in [7, 11) is -0.264. The van der Waals surface area contributed by atoms with Crippen molar-refractivity contribution in [1.29, 1.82) is 0 Å². The van der Waals surface area contributed by atoms with Crippen LogP contribution in [-0.4, -0.2) is 18.3 Å².